The molecule has 0 saturated heterocycles. The summed E-state index contributed by atoms with van der Waals surface area (Å²) < 4.78 is 13.0. The van der Waals surface area contributed by atoms with Gasteiger partial charge in [0.2, 0.25) is 5.91 Å². The molecule has 1 aromatic rings. The van der Waals surface area contributed by atoms with E-state index >= 15 is 0 Å². The Balaban J connectivity index is 1.65. The second-order valence-corrected chi connectivity index (χ2v) is 7.12. The largest absolute Gasteiger partial charge is 0.339 e. The maximum atomic E-state index is 13.0. The number of carbonyl (C=O) groups excluding carboxylic acids is 1. The summed E-state index contributed by atoms with van der Waals surface area (Å²) in [6.45, 7) is 0.737. The van der Waals surface area contributed by atoms with E-state index in [-0.39, 0.29) is 17.8 Å². The molecule has 2 aliphatic rings. The number of hydrogen-bond donors (Lipinski definition) is 1. The van der Waals surface area contributed by atoms with Crippen molar-refractivity contribution in [3.63, 3.8) is 0 Å². The van der Waals surface area contributed by atoms with E-state index < -0.39 is 0 Å². The van der Waals surface area contributed by atoms with Gasteiger partial charge in [-0.3, -0.25) is 4.79 Å². The number of benzene rings is 1. The Morgan fingerprint density at radius 1 is 1.13 bits per heavy atom. The lowest BCUT2D eigenvalue weighted by Crippen LogP contribution is -2.43. The summed E-state index contributed by atoms with van der Waals surface area (Å²) in [6.07, 6.45) is 8.19. The SMILES string of the molecule is NC1CCC(C(=O)N(CCc2ccc(F)cc2)C2CCCC2)C1. The zero-order valence-corrected chi connectivity index (χ0v) is 13.7. The van der Waals surface area contributed by atoms with Crippen molar-refractivity contribution in [1.82, 2.24) is 4.90 Å². The summed E-state index contributed by atoms with van der Waals surface area (Å²) in [6, 6.07) is 7.20. The van der Waals surface area contributed by atoms with Crippen molar-refractivity contribution in [3.8, 4) is 0 Å². The van der Waals surface area contributed by atoms with Crippen molar-refractivity contribution < 1.29 is 9.18 Å². The van der Waals surface area contributed by atoms with Gasteiger partial charge in [0.25, 0.3) is 0 Å². The fourth-order valence-electron chi connectivity index (χ4n) is 4.06. The van der Waals surface area contributed by atoms with Gasteiger partial charge < -0.3 is 10.6 Å². The predicted molar refractivity (Wildman–Crippen MR) is 89.4 cm³/mol. The molecule has 0 radical (unpaired) electrons. The second kappa shape index (κ2) is 7.43. The van der Waals surface area contributed by atoms with Crippen LogP contribution >= 0.6 is 0 Å². The molecule has 2 fully saturated rings. The highest BCUT2D eigenvalue weighted by Crippen LogP contribution is 2.30. The summed E-state index contributed by atoms with van der Waals surface area (Å²) in [5.74, 6) is 0.197. The Bertz CT molecular complexity index is 525. The molecule has 2 unspecified atom stereocenters. The Morgan fingerprint density at radius 3 is 2.43 bits per heavy atom. The molecule has 2 aliphatic carbocycles. The summed E-state index contributed by atoms with van der Waals surface area (Å²) in [4.78, 5) is 15.1. The van der Waals surface area contributed by atoms with Gasteiger partial charge in [-0.1, -0.05) is 25.0 Å². The molecule has 23 heavy (non-hydrogen) atoms. The molecule has 2 atom stereocenters. The molecule has 1 amide bonds. The van der Waals surface area contributed by atoms with Crippen LogP contribution in [-0.2, 0) is 11.2 Å². The molecule has 0 aliphatic heterocycles. The van der Waals surface area contributed by atoms with Crippen molar-refractivity contribution in [2.45, 2.75) is 63.5 Å². The summed E-state index contributed by atoms with van der Waals surface area (Å²) in [7, 11) is 0. The van der Waals surface area contributed by atoms with Gasteiger partial charge in [-0.2, -0.15) is 0 Å². The van der Waals surface area contributed by atoms with E-state index in [1.165, 1.54) is 25.0 Å². The number of nitrogens with zero attached hydrogens (tertiary/aromatic N) is 1. The van der Waals surface area contributed by atoms with Gasteiger partial charge in [-0.25, -0.2) is 4.39 Å². The minimum Gasteiger partial charge on any atom is -0.339 e. The number of carbonyl (C=O) groups is 1. The van der Waals surface area contributed by atoms with Crippen LogP contribution < -0.4 is 5.73 Å². The molecule has 0 bridgehead atoms. The van der Waals surface area contributed by atoms with Crippen molar-refractivity contribution in [2.75, 3.05) is 6.54 Å². The molecular formula is C19H27FN2O. The molecule has 3 nitrogen and oxygen atoms in total. The number of nitrogens with two attached hydrogens (primary N) is 1. The summed E-state index contributed by atoms with van der Waals surface area (Å²) >= 11 is 0. The van der Waals surface area contributed by atoms with Gasteiger partial charge in [0, 0.05) is 24.5 Å². The highest BCUT2D eigenvalue weighted by atomic mass is 19.1. The standard InChI is InChI=1S/C19H27FN2O/c20-16-8-5-14(6-9-16)11-12-22(18-3-1-2-4-18)19(23)15-7-10-17(21)13-15/h5-6,8-9,15,17-18H,1-4,7,10-13,21H2. The Hall–Kier alpha value is -1.42. The van der Waals surface area contributed by atoms with Crippen LogP contribution in [0.4, 0.5) is 4.39 Å². The fraction of sp³-hybridized carbons (Fsp3) is 0.632. The molecular weight excluding hydrogens is 291 g/mol. The first kappa shape index (κ1) is 16.4. The average Bonchev–Trinajstić information content (AvgIpc) is 3.21. The Kier molecular flexibility index (Phi) is 5.31. The molecule has 126 valence electrons. The molecule has 2 saturated carbocycles. The third-order valence-corrected chi connectivity index (χ3v) is 5.43. The highest BCUT2D eigenvalue weighted by Gasteiger charge is 2.34. The number of amides is 1. The molecule has 4 heteroatoms. The smallest absolute Gasteiger partial charge is 0.226 e. The van der Waals surface area contributed by atoms with Crippen LogP contribution in [0.15, 0.2) is 24.3 Å². The molecule has 0 aromatic heterocycles. The molecule has 0 spiro atoms. The van der Waals surface area contributed by atoms with Crippen LogP contribution in [0.5, 0.6) is 0 Å². The van der Waals surface area contributed by atoms with Crippen LogP contribution in [0, 0.1) is 11.7 Å². The molecule has 3 rings (SSSR count). The van der Waals surface area contributed by atoms with Crippen molar-refractivity contribution in [2.24, 2.45) is 11.7 Å². The summed E-state index contributed by atoms with van der Waals surface area (Å²) in [5.41, 5.74) is 7.08. The lowest BCUT2D eigenvalue weighted by Gasteiger charge is -2.31. The van der Waals surface area contributed by atoms with Gasteiger partial charge in [0.1, 0.15) is 5.82 Å². The van der Waals surface area contributed by atoms with Gasteiger partial charge in [-0.15, -0.1) is 0 Å². The number of halogens is 1. The lowest BCUT2D eigenvalue weighted by atomic mass is 10.0. The first-order chi connectivity index (χ1) is 11.1. The Morgan fingerprint density at radius 2 is 1.83 bits per heavy atom. The third kappa shape index (κ3) is 4.11. The van der Waals surface area contributed by atoms with Crippen LogP contribution in [0.3, 0.4) is 0 Å². The van der Waals surface area contributed by atoms with Crippen molar-refractivity contribution in [1.29, 1.82) is 0 Å². The van der Waals surface area contributed by atoms with E-state index in [1.54, 1.807) is 0 Å². The lowest BCUT2D eigenvalue weighted by molar-refractivity contribution is -0.137. The maximum Gasteiger partial charge on any atom is 0.226 e. The van der Waals surface area contributed by atoms with E-state index in [0.717, 1.165) is 50.6 Å². The van der Waals surface area contributed by atoms with Gasteiger partial charge in [0.05, 0.1) is 0 Å². The third-order valence-electron chi connectivity index (χ3n) is 5.43. The first-order valence-electron chi connectivity index (χ1n) is 8.94. The number of hydrogen-bond acceptors (Lipinski definition) is 2. The maximum absolute atomic E-state index is 13.0. The van der Waals surface area contributed by atoms with E-state index in [9.17, 15) is 9.18 Å². The zero-order chi connectivity index (χ0) is 16.2. The van der Waals surface area contributed by atoms with Crippen molar-refractivity contribution in [3.05, 3.63) is 35.6 Å². The Labute approximate surface area is 138 Å². The van der Waals surface area contributed by atoms with E-state index in [4.69, 9.17) is 5.73 Å². The second-order valence-electron chi connectivity index (χ2n) is 7.12. The van der Waals surface area contributed by atoms with Crippen LogP contribution in [0.1, 0.15) is 50.5 Å². The van der Waals surface area contributed by atoms with Gasteiger partial charge in [-0.05, 0) is 56.2 Å². The fourth-order valence-corrected chi connectivity index (χ4v) is 4.06. The number of rotatable bonds is 5. The highest BCUT2D eigenvalue weighted by molar-refractivity contribution is 5.79. The topological polar surface area (TPSA) is 46.3 Å². The van der Waals surface area contributed by atoms with Crippen LogP contribution in [0.25, 0.3) is 0 Å². The van der Waals surface area contributed by atoms with Crippen LogP contribution in [0.2, 0.25) is 0 Å². The normalized spacial score (nSPS) is 25.0. The minimum absolute atomic E-state index is 0.110. The minimum atomic E-state index is -0.211. The quantitative estimate of drug-likeness (QED) is 0.906. The first-order valence-corrected chi connectivity index (χ1v) is 8.94. The van der Waals surface area contributed by atoms with E-state index in [0.29, 0.717) is 11.9 Å². The summed E-state index contributed by atoms with van der Waals surface area (Å²) in [5, 5.41) is 0. The zero-order valence-electron chi connectivity index (χ0n) is 13.7. The predicted octanol–water partition coefficient (Wildman–Crippen LogP) is 3.27. The van der Waals surface area contributed by atoms with Crippen molar-refractivity contribution >= 4 is 5.91 Å². The molecule has 0 heterocycles. The van der Waals surface area contributed by atoms with Crippen LogP contribution in [-0.4, -0.2) is 29.4 Å². The average molecular weight is 318 g/mol. The van der Waals surface area contributed by atoms with Gasteiger partial charge >= 0.3 is 0 Å². The van der Waals surface area contributed by atoms with Gasteiger partial charge in [0.15, 0.2) is 0 Å². The monoisotopic (exact) mass is 318 g/mol. The van der Waals surface area contributed by atoms with E-state index in [1.807, 2.05) is 12.1 Å². The molecule has 1 aromatic carbocycles. The molecule has 2 N–H and O–H groups in total. The van der Waals surface area contributed by atoms with E-state index in [2.05, 4.69) is 4.90 Å².